The van der Waals surface area contributed by atoms with Crippen LogP contribution in [0.2, 0.25) is 0 Å². The van der Waals surface area contributed by atoms with Gasteiger partial charge in [-0.15, -0.1) is 0 Å². The van der Waals surface area contributed by atoms with E-state index in [4.69, 9.17) is 4.74 Å². The van der Waals surface area contributed by atoms with Gasteiger partial charge in [0.1, 0.15) is 6.42 Å². The molecule has 1 aliphatic rings. The van der Waals surface area contributed by atoms with Crippen LogP contribution in [-0.2, 0) is 33.4 Å². The Morgan fingerprint density at radius 1 is 1.53 bits per heavy atom. The zero-order chi connectivity index (χ0) is 13.1. The fourth-order valence-corrected chi connectivity index (χ4v) is 1.35. The van der Waals surface area contributed by atoms with Crippen molar-refractivity contribution in [1.29, 1.82) is 0 Å². The van der Waals surface area contributed by atoms with Gasteiger partial charge in [0, 0.05) is 0 Å². The number of carbonyl (C=O) groups is 4. The number of esters is 1. The molecule has 2 atom stereocenters. The van der Waals surface area contributed by atoms with Gasteiger partial charge in [0.15, 0.2) is 6.10 Å². The Balaban J connectivity index is 2.86. The van der Waals surface area contributed by atoms with Crippen LogP contribution in [0.3, 0.4) is 0 Å². The van der Waals surface area contributed by atoms with Crippen molar-refractivity contribution in [3.8, 4) is 0 Å². The van der Waals surface area contributed by atoms with Crippen molar-refractivity contribution >= 4 is 24.3 Å². The van der Waals surface area contributed by atoms with Gasteiger partial charge in [-0.3, -0.25) is 19.7 Å². The Morgan fingerprint density at radius 2 is 2.18 bits per heavy atom. The summed E-state index contributed by atoms with van der Waals surface area (Å²) in [5.74, 6) is -4.43. The fourth-order valence-electron chi connectivity index (χ4n) is 1.35. The van der Waals surface area contributed by atoms with E-state index in [0.29, 0.717) is 0 Å². The number of nitrogens with one attached hydrogen (secondary N) is 1. The van der Waals surface area contributed by atoms with Crippen LogP contribution in [0.1, 0.15) is 13.3 Å². The molecule has 1 fully saturated rings. The van der Waals surface area contributed by atoms with E-state index in [1.165, 1.54) is 6.92 Å². The van der Waals surface area contributed by atoms with Gasteiger partial charge in [0.25, 0.3) is 12.4 Å². The average molecular weight is 245 g/mol. The first-order valence-electron chi connectivity index (χ1n) is 4.66. The minimum absolute atomic E-state index is 0.0256. The summed E-state index contributed by atoms with van der Waals surface area (Å²) in [6.07, 6.45) is -1.65. The van der Waals surface area contributed by atoms with E-state index in [0.717, 1.165) is 7.11 Å². The quantitative estimate of drug-likeness (QED) is 0.271. The number of ether oxygens (including phenoxy) is 3. The number of amides is 2. The van der Waals surface area contributed by atoms with E-state index in [2.05, 4.69) is 9.47 Å². The second kappa shape index (κ2) is 4.91. The molecule has 1 saturated heterocycles. The molecule has 0 aromatic heterocycles. The Hall–Kier alpha value is -1.96. The van der Waals surface area contributed by atoms with Crippen LogP contribution in [0.4, 0.5) is 0 Å². The third-order valence-corrected chi connectivity index (χ3v) is 2.13. The zero-order valence-electron chi connectivity index (χ0n) is 9.22. The molecule has 17 heavy (non-hydrogen) atoms. The van der Waals surface area contributed by atoms with Gasteiger partial charge in [0.2, 0.25) is 5.91 Å². The summed E-state index contributed by atoms with van der Waals surface area (Å²) in [4.78, 5) is 43.9. The molecule has 1 N–H and O–H groups in total. The van der Waals surface area contributed by atoms with E-state index in [-0.39, 0.29) is 6.47 Å². The highest BCUT2D eigenvalue weighted by Crippen LogP contribution is 2.25. The van der Waals surface area contributed by atoms with Crippen LogP contribution < -0.4 is 5.32 Å². The molecule has 1 unspecified atom stereocenters. The van der Waals surface area contributed by atoms with Crippen molar-refractivity contribution in [1.82, 2.24) is 5.32 Å². The van der Waals surface area contributed by atoms with Crippen LogP contribution in [0.5, 0.6) is 0 Å². The van der Waals surface area contributed by atoms with Gasteiger partial charge in [-0.05, 0) is 6.92 Å². The summed E-state index contributed by atoms with van der Waals surface area (Å²) >= 11 is 0. The summed E-state index contributed by atoms with van der Waals surface area (Å²) in [5.41, 5.74) is 0. The summed E-state index contributed by atoms with van der Waals surface area (Å²) in [7, 11) is 1.13. The maximum Gasteiger partial charge on any atom is 0.334 e. The maximum absolute atomic E-state index is 11.5. The number of methoxy groups -OCH3 is 1. The molecule has 0 aromatic carbocycles. The molecule has 0 spiro atoms. The molecular weight excluding hydrogens is 234 g/mol. The van der Waals surface area contributed by atoms with Crippen LogP contribution in [0.15, 0.2) is 0 Å². The van der Waals surface area contributed by atoms with Gasteiger partial charge in [-0.2, -0.15) is 0 Å². The molecule has 94 valence electrons. The Morgan fingerprint density at radius 3 is 2.59 bits per heavy atom. The summed E-state index contributed by atoms with van der Waals surface area (Å²) < 4.78 is 13.9. The third kappa shape index (κ3) is 2.59. The maximum atomic E-state index is 11.5. The minimum atomic E-state index is -2.09. The van der Waals surface area contributed by atoms with Crippen LogP contribution in [-0.4, -0.2) is 43.3 Å². The van der Waals surface area contributed by atoms with Crippen molar-refractivity contribution in [3.05, 3.63) is 0 Å². The lowest BCUT2D eigenvalue weighted by Crippen LogP contribution is -2.47. The van der Waals surface area contributed by atoms with Gasteiger partial charge < -0.3 is 14.2 Å². The van der Waals surface area contributed by atoms with Crippen molar-refractivity contribution in [2.45, 2.75) is 25.2 Å². The lowest BCUT2D eigenvalue weighted by molar-refractivity contribution is -0.230. The highest BCUT2D eigenvalue weighted by molar-refractivity contribution is 6.07. The average Bonchev–Trinajstić information content (AvgIpc) is 2.53. The lowest BCUT2D eigenvalue weighted by atomic mass is 10.2. The van der Waals surface area contributed by atoms with Crippen LogP contribution in [0.25, 0.3) is 0 Å². The Kier molecular flexibility index (Phi) is 3.79. The largest absolute Gasteiger partial charge is 0.467 e. The van der Waals surface area contributed by atoms with E-state index in [9.17, 15) is 19.2 Å². The fraction of sp³-hybridized carbons (Fsp3) is 0.556. The van der Waals surface area contributed by atoms with Crippen LogP contribution in [0, 0.1) is 0 Å². The third-order valence-electron chi connectivity index (χ3n) is 2.13. The predicted molar refractivity (Wildman–Crippen MR) is 50.2 cm³/mol. The Labute approximate surface area is 96.2 Å². The first-order chi connectivity index (χ1) is 7.95. The molecule has 8 heteroatoms. The van der Waals surface area contributed by atoms with E-state index in [1.807, 2.05) is 5.32 Å². The first-order valence-corrected chi connectivity index (χ1v) is 4.66. The van der Waals surface area contributed by atoms with Crippen molar-refractivity contribution in [2.75, 3.05) is 7.11 Å². The summed E-state index contributed by atoms with van der Waals surface area (Å²) in [6.45, 7) is 1.28. The monoisotopic (exact) mass is 245 g/mol. The normalized spacial score (nSPS) is 25.1. The summed E-state index contributed by atoms with van der Waals surface area (Å²) in [5, 5.41) is 1.92. The zero-order valence-corrected chi connectivity index (χ0v) is 9.22. The second-order valence-electron chi connectivity index (χ2n) is 3.30. The number of carbonyl (C=O) groups excluding carboxylic acids is 4. The topological polar surface area (TPSA) is 108 Å². The minimum Gasteiger partial charge on any atom is -0.467 e. The molecule has 1 rings (SSSR count). The number of hydrogen-bond donors (Lipinski definition) is 1. The molecule has 1 heterocycles. The van der Waals surface area contributed by atoms with Crippen molar-refractivity contribution in [3.63, 3.8) is 0 Å². The second-order valence-corrected chi connectivity index (χ2v) is 3.30. The first kappa shape index (κ1) is 13.1. The lowest BCUT2D eigenvalue weighted by Gasteiger charge is -2.25. The number of imide groups is 1. The van der Waals surface area contributed by atoms with E-state index in [1.54, 1.807) is 0 Å². The molecule has 8 nitrogen and oxygen atoms in total. The van der Waals surface area contributed by atoms with Crippen LogP contribution >= 0.6 is 0 Å². The van der Waals surface area contributed by atoms with Gasteiger partial charge in [-0.25, -0.2) is 4.79 Å². The molecule has 0 aliphatic carbocycles. The van der Waals surface area contributed by atoms with E-state index < -0.39 is 36.1 Å². The molecule has 1 aliphatic heterocycles. The number of rotatable bonds is 5. The molecule has 0 bridgehead atoms. The van der Waals surface area contributed by atoms with Crippen molar-refractivity contribution in [2.24, 2.45) is 0 Å². The smallest absolute Gasteiger partial charge is 0.334 e. The highest BCUT2D eigenvalue weighted by atomic mass is 16.7. The summed E-state index contributed by atoms with van der Waals surface area (Å²) in [6, 6.07) is 0. The molecular formula is C9H11NO7. The van der Waals surface area contributed by atoms with E-state index >= 15 is 0 Å². The standard InChI is InChI=1S/C9H11NO7/c1-5(7(13)15-2)17-9(16-4-11)3-6(12)10-8(9)14/h4-5H,3H2,1-2H3,(H,10,12,14)/t5?,9-/m0/s1. The van der Waals surface area contributed by atoms with Crippen molar-refractivity contribution < 1.29 is 33.4 Å². The van der Waals surface area contributed by atoms with Gasteiger partial charge >= 0.3 is 11.8 Å². The van der Waals surface area contributed by atoms with Gasteiger partial charge in [0.05, 0.1) is 7.11 Å². The Bertz CT molecular complexity index is 366. The molecule has 0 radical (unpaired) electrons. The number of hydrogen-bond acceptors (Lipinski definition) is 7. The molecule has 0 saturated carbocycles. The SMILES string of the molecule is COC(=O)C(C)O[C@@]1(OC=O)CC(=O)NC1=O. The molecule has 2 amide bonds. The molecule has 0 aromatic rings. The van der Waals surface area contributed by atoms with Gasteiger partial charge in [-0.1, -0.05) is 0 Å². The highest BCUT2D eigenvalue weighted by Gasteiger charge is 2.52. The predicted octanol–water partition coefficient (Wildman–Crippen LogP) is -1.52.